The molecule has 0 saturated carbocycles. The maximum absolute atomic E-state index is 13.2. The van der Waals surface area contributed by atoms with E-state index in [4.69, 9.17) is 16.6 Å². The van der Waals surface area contributed by atoms with Crippen molar-refractivity contribution in [1.82, 2.24) is 0 Å². The summed E-state index contributed by atoms with van der Waals surface area (Å²) in [5.74, 6) is -1.45. The Morgan fingerprint density at radius 2 is 1.86 bits per heavy atom. The summed E-state index contributed by atoms with van der Waals surface area (Å²) < 4.78 is 26.2. The zero-order valence-electron chi connectivity index (χ0n) is 7.67. The van der Waals surface area contributed by atoms with E-state index in [-0.39, 0.29) is 11.3 Å². The highest BCUT2D eigenvalue weighted by Crippen LogP contribution is 2.22. The van der Waals surface area contributed by atoms with Crippen LogP contribution in [0.15, 0.2) is 12.1 Å². The summed E-state index contributed by atoms with van der Waals surface area (Å²) in [5.41, 5.74) is 10.3. The van der Waals surface area contributed by atoms with E-state index in [2.05, 4.69) is 0 Å². The summed E-state index contributed by atoms with van der Waals surface area (Å²) in [6.07, 6.45) is -0.951. The van der Waals surface area contributed by atoms with Gasteiger partial charge in [-0.25, -0.2) is 8.78 Å². The van der Waals surface area contributed by atoms with Gasteiger partial charge in [-0.15, -0.1) is 0 Å². The van der Waals surface area contributed by atoms with Gasteiger partial charge in [0.2, 0.25) is 0 Å². The van der Waals surface area contributed by atoms with Crippen LogP contribution >= 0.6 is 0 Å². The first-order valence-electron chi connectivity index (χ1n) is 4.11. The Bertz CT molecular complexity index is 342. The molecule has 78 valence electrons. The molecular formula is C9H12F2N2O. The maximum Gasteiger partial charge on any atom is 0.146 e. The van der Waals surface area contributed by atoms with Crippen LogP contribution in [-0.4, -0.2) is 11.2 Å². The second-order valence-electron chi connectivity index (χ2n) is 3.16. The van der Waals surface area contributed by atoms with E-state index in [1.807, 2.05) is 0 Å². The maximum atomic E-state index is 13.2. The van der Waals surface area contributed by atoms with Crippen LogP contribution in [-0.2, 0) is 0 Å². The average Bonchev–Trinajstić information content (AvgIpc) is 2.10. The number of rotatable bonds is 2. The van der Waals surface area contributed by atoms with E-state index in [1.54, 1.807) is 0 Å². The minimum atomic E-state index is -0.954. The van der Waals surface area contributed by atoms with Crippen LogP contribution in [0.1, 0.15) is 18.5 Å². The SMILES string of the molecule is C[C@@H](O)[C@H](N)c1cc(F)c(N)cc1F. The molecule has 0 aromatic heterocycles. The number of aliphatic hydroxyl groups is 1. The summed E-state index contributed by atoms with van der Waals surface area (Å²) in [6.45, 7) is 1.40. The highest BCUT2D eigenvalue weighted by Gasteiger charge is 2.18. The normalized spacial score (nSPS) is 15.2. The first-order valence-corrected chi connectivity index (χ1v) is 4.11. The zero-order valence-corrected chi connectivity index (χ0v) is 7.67. The highest BCUT2D eigenvalue weighted by molar-refractivity contribution is 5.43. The number of halogens is 2. The van der Waals surface area contributed by atoms with E-state index in [0.717, 1.165) is 12.1 Å². The third kappa shape index (κ3) is 2.00. The van der Waals surface area contributed by atoms with Gasteiger partial charge < -0.3 is 16.6 Å². The van der Waals surface area contributed by atoms with Crippen LogP contribution in [0.4, 0.5) is 14.5 Å². The van der Waals surface area contributed by atoms with Crippen molar-refractivity contribution < 1.29 is 13.9 Å². The largest absolute Gasteiger partial charge is 0.396 e. The lowest BCUT2D eigenvalue weighted by Crippen LogP contribution is -2.24. The number of hydrogen-bond acceptors (Lipinski definition) is 3. The van der Waals surface area contributed by atoms with Gasteiger partial charge in [0, 0.05) is 11.6 Å². The molecule has 0 aliphatic carbocycles. The Morgan fingerprint density at radius 3 is 2.36 bits per heavy atom. The van der Waals surface area contributed by atoms with E-state index < -0.39 is 23.8 Å². The Hall–Kier alpha value is -1.20. The Balaban J connectivity index is 3.15. The summed E-state index contributed by atoms with van der Waals surface area (Å²) in [7, 11) is 0. The van der Waals surface area contributed by atoms with Crippen molar-refractivity contribution in [1.29, 1.82) is 0 Å². The first-order chi connectivity index (χ1) is 6.43. The lowest BCUT2D eigenvalue weighted by Gasteiger charge is -2.16. The van der Waals surface area contributed by atoms with Crippen LogP contribution in [0.3, 0.4) is 0 Å². The van der Waals surface area contributed by atoms with Gasteiger partial charge in [-0.1, -0.05) is 0 Å². The van der Waals surface area contributed by atoms with Crippen LogP contribution in [0.2, 0.25) is 0 Å². The molecule has 1 aromatic rings. The third-order valence-corrected chi connectivity index (χ3v) is 1.99. The van der Waals surface area contributed by atoms with Crippen LogP contribution in [0.25, 0.3) is 0 Å². The number of nitrogens with two attached hydrogens (primary N) is 2. The van der Waals surface area contributed by atoms with E-state index >= 15 is 0 Å². The second-order valence-corrected chi connectivity index (χ2v) is 3.16. The first kappa shape index (κ1) is 10.9. The standard InChI is InChI=1S/C9H12F2N2O/c1-4(14)9(13)5-2-7(11)8(12)3-6(5)10/h2-4,9,14H,12-13H2,1H3/t4-,9+/m1/s1. The third-order valence-electron chi connectivity index (χ3n) is 1.99. The number of nitrogen functional groups attached to an aromatic ring is 1. The van der Waals surface area contributed by atoms with Crippen LogP contribution in [0.5, 0.6) is 0 Å². The average molecular weight is 202 g/mol. The molecule has 14 heavy (non-hydrogen) atoms. The van der Waals surface area contributed by atoms with E-state index in [9.17, 15) is 8.78 Å². The topological polar surface area (TPSA) is 72.3 Å². The molecule has 1 aromatic carbocycles. The molecule has 0 aliphatic heterocycles. The van der Waals surface area contributed by atoms with Crippen molar-refractivity contribution >= 4 is 5.69 Å². The van der Waals surface area contributed by atoms with Crippen LogP contribution in [0, 0.1) is 11.6 Å². The summed E-state index contributed by atoms with van der Waals surface area (Å²) >= 11 is 0. The molecular weight excluding hydrogens is 190 g/mol. The van der Waals surface area contributed by atoms with Crippen LogP contribution < -0.4 is 11.5 Å². The van der Waals surface area contributed by atoms with Gasteiger partial charge in [-0.2, -0.15) is 0 Å². The Morgan fingerprint density at radius 1 is 1.29 bits per heavy atom. The predicted molar refractivity (Wildman–Crippen MR) is 49.4 cm³/mol. The van der Waals surface area contributed by atoms with Gasteiger partial charge in [0.25, 0.3) is 0 Å². The molecule has 0 amide bonds. The van der Waals surface area contributed by atoms with Gasteiger partial charge in [0.05, 0.1) is 17.8 Å². The summed E-state index contributed by atoms with van der Waals surface area (Å²) in [4.78, 5) is 0. The smallest absolute Gasteiger partial charge is 0.146 e. The van der Waals surface area contributed by atoms with Crippen molar-refractivity contribution in [3.63, 3.8) is 0 Å². The van der Waals surface area contributed by atoms with Crippen molar-refractivity contribution in [2.45, 2.75) is 19.1 Å². The Labute approximate surface area is 80.3 Å². The minimum absolute atomic E-state index is 0.0771. The van der Waals surface area contributed by atoms with Crippen molar-refractivity contribution in [3.05, 3.63) is 29.3 Å². The molecule has 5 heteroatoms. The monoisotopic (exact) mass is 202 g/mol. The van der Waals surface area contributed by atoms with E-state index in [0.29, 0.717) is 0 Å². The minimum Gasteiger partial charge on any atom is -0.396 e. The Kier molecular flexibility index (Phi) is 3.03. The van der Waals surface area contributed by atoms with E-state index in [1.165, 1.54) is 6.92 Å². The lowest BCUT2D eigenvalue weighted by atomic mass is 10.0. The van der Waals surface area contributed by atoms with Gasteiger partial charge in [-0.05, 0) is 13.0 Å². The molecule has 0 radical (unpaired) electrons. The number of benzene rings is 1. The predicted octanol–water partition coefficient (Wildman–Crippen LogP) is 0.928. The lowest BCUT2D eigenvalue weighted by molar-refractivity contribution is 0.162. The molecule has 0 aliphatic rings. The molecule has 0 fully saturated rings. The summed E-state index contributed by atoms with van der Waals surface area (Å²) in [5, 5.41) is 9.11. The fourth-order valence-electron chi connectivity index (χ4n) is 1.09. The molecule has 3 nitrogen and oxygen atoms in total. The summed E-state index contributed by atoms with van der Waals surface area (Å²) in [6, 6.07) is 0.805. The van der Waals surface area contributed by atoms with Crippen molar-refractivity contribution in [2.24, 2.45) is 5.73 Å². The van der Waals surface area contributed by atoms with Crippen molar-refractivity contribution in [2.75, 3.05) is 5.73 Å². The fraction of sp³-hybridized carbons (Fsp3) is 0.333. The highest BCUT2D eigenvalue weighted by atomic mass is 19.1. The molecule has 1 rings (SSSR count). The van der Waals surface area contributed by atoms with Gasteiger partial charge in [0.1, 0.15) is 11.6 Å². The quantitative estimate of drug-likeness (QED) is 0.624. The fourth-order valence-corrected chi connectivity index (χ4v) is 1.09. The zero-order chi connectivity index (χ0) is 10.9. The molecule has 0 saturated heterocycles. The molecule has 0 spiro atoms. The van der Waals surface area contributed by atoms with Gasteiger partial charge >= 0.3 is 0 Å². The molecule has 0 bridgehead atoms. The molecule has 5 N–H and O–H groups in total. The number of hydrogen-bond donors (Lipinski definition) is 3. The number of aliphatic hydroxyl groups excluding tert-OH is 1. The van der Waals surface area contributed by atoms with Crippen molar-refractivity contribution in [3.8, 4) is 0 Å². The molecule has 0 heterocycles. The molecule has 2 atom stereocenters. The number of anilines is 1. The van der Waals surface area contributed by atoms with Gasteiger partial charge in [0.15, 0.2) is 0 Å². The molecule has 0 unspecified atom stereocenters. The second kappa shape index (κ2) is 3.89. The van der Waals surface area contributed by atoms with Gasteiger partial charge in [-0.3, -0.25) is 0 Å².